The molecule has 84 valence electrons. The second-order valence-corrected chi connectivity index (χ2v) is 4.78. The van der Waals surface area contributed by atoms with Gasteiger partial charge < -0.3 is 4.42 Å². The Kier molecular flexibility index (Phi) is 2.44. The number of hydrogen-bond acceptors (Lipinski definition) is 3. The molecule has 17 heavy (non-hydrogen) atoms. The summed E-state index contributed by atoms with van der Waals surface area (Å²) in [5.74, 6) is 0.597. The molecule has 0 saturated heterocycles. The molecule has 0 amide bonds. The van der Waals surface area contributed by atoms with Gasteiger partial charge in [-0.1, -0.05) is 22.0 Å². The summed E-state index contributed by atoms with van der Waals surface area (Å²) in [7, 11) is 0. The smallest absolute Gasteiger partial charge is 0.247 e. The molecular weight excluding hydrogens is 280 g/mol. The highest BCUT2D eigenvalue weighted by Crippen LogP contribution is 2.25. The Labute approximate surface area is 107 Å². The number of rotatable bonds is 1. The predicted octanol–water partition coefficient (Wildman–Crippen LogP) is 3.96. The van der Waals surface area contributed by atoms with Crippen LogP contribution in [0.2, 0.25) is 0 Å². The van der Waals surface area contributed by atoms with E-state index in [0.29, 0.717) is 11.6 Å². The first kappa shape index (κ1) is 10.5. The fraction of sp³-hybridized carbons (Fsp3) is 0.0769. The fourth-order valence-electron chi connectivity index (χ4n) is 1.67. The van der Waals surface area contributed by atoms with Crippen LogP contribution in [-0.2, 0) is 0 Å². The number of aryl methyl sites for hydroxylation is 1. The van der Waals surface area contributed by atoms with E-state index in [1.165, 1.54) is 0 Å². The molecule has 0 fully saturated rings. The Hall–Kier alpha value is -1.68. The maximum atomic E-state index is 5.62. The van der Waals surface area contributed by atoms with E-state index in [9.17, 15) is 0 Å². The maximum Gasteiger partial charge on any atom is 0.247 e. The Morgan fingerprint density at radius 3 is 2.94 bits per heavy atom. The van der Waals surface area contributed by atoms with Crippen LogP contribution < -0.4 is 0 Å². The minimum atomic E-state index is 0.575. The van der Waals surface area contributed by atoms with Crippen LogP contribution in [0.4, 0.5) is 0 Å². The average Bonchev–Trinajstić information content (AvgIpc) is 2.72. The molecule has 3 nitrogen and oxygen atoms in total. The molecule has 0 saturated carbocycles. The van der Waals surface area contributed by atoms with Crippen LogP contribution >= 0.6 is 15.9 Å². The zero-order valence-corrected chi connectivity index (χ0v) is 10.7. The van der Waals surface area contributed by atoms with Crippen LogP contribution in [0, 0.1) is 6.92 Å². The molecule has 3 aromatic rings. The largest absolute Gasteiger partial charge is 0.418 e. The molecule has 4 heteroatoms. The van der Waals surface area contributed by atoms with Gasteiger partial charge in [0, 0.05) is 16.2 Å². The number of pyridine rings is 1. The minimum Gasteiger partial charge on any atom is -0.418 e. The minimum absolute atomic E-state index is 0.575. The summed E-state index contributed by atoms with van der Waals surface area (Å²) in [6.45, 7) is 1.99. The second kappa shape index (κ2) is 3.96. The summed E-state index contributed by atoms with van der Waals surface area (Å²) >= 11 is 3.43. The average molecular weight is 289 g/mol. The van der Waals surface area contributed by atoms with Crippen LogP contribution in [0.25, 0.3) is 22.7 Å². The second-order valence-electron chi connectivity index (χ2n) is 3.87. The number of aromatic nitrogens is 2. The van der Waals surface area contributed by atoms with Crippen molar-refractivity contribution in [3.8, 4) is 11.5 Å². The lowest BCUT2D eigenvalue weighted by Crippen LogP contribution is -1.77. The molecular formula is C13H9BrN2O. The van der Waals surface area contributed by atoms with Gasteiger partial charge in [-0.05, 0) is 36.8 Å². The molecule has 0 radical (unpaired) electrons. The van der Waals surface area contributed by atoms with Crippen LogP contribution in [-0.4, -0.2) is 9.97 Å². The van der Waals surface area contributed by atoms with Crippen LogP contribution in [0.3, 0.4) is 0 Å². The van der Waals surface area contributed by atoms with Gasteiger partial charge in [-0.2, -0.15) is 0 Å². The van der Waals surface area contributed by atoms with Crippen LogP contribution in [0.1, 0.15) is 5.56 Å². The van der Waals surface area contributed by atoms with Crippen molar-refractivity contribution in [1.82, 2.24) is 9.97 Å². The van der Waals surface area contributed by atoms with Gasteiger partial charge in [0.05, 0.1) is 0 Å². The molecule has 0 aliphatic heterocycles. The van der Waals surface area contributed by atoms with E-state index < -0.39 is 0 Å². The van der Waals surface area contributed by atoms with Crippen LogP contribution in [0.15, 0.2) is 45.4 Å². The Morgan fingerprint density at radius 1 is 1.24 bits per heavy atom. The Bertz CT molecular complexity index is 691. The molecule has 2 heterocycles. The van der Waals surface area contributed by atoms with Gasteiger partial charge in [-0.15, -0.1) is 0 Å². The van der Waals surface area contributed by atoms with E-state index in [4.69, 9.17) is 4.42 Å². The highest BCUT2D eigenvalue weighted by molar-refractivity contribution is 9.10. The topological polar surface area (TPSA) is 38.9 Å². The lowest BCUT2D eigenvalue weighted by molar-refractivity contribution is 0.607. The van der Waals surface area contributed by atoms with Gasteiger partial charge in [0.25, 0.3) is 0 Å². The molecule has 0 N–H and O–H groups in total. The molecule has 0 atom stereocenters. The summed E-state index contributed by atoms with van der Waals surface area (Å²) < 4.78 is 6.62. The van der Waals surface area contributed by atoms with Crippen molar-refractivity contribution < 1.29 is 4.42 Å². The SMILES string of the molecule is Cc1cnc2oc(-c3cccc(Br)c3)nc2c1. The Morgan fingerprint density at radius 2 is 2.12 bits per heavy atom. The van der Waals surface area contributed by atoms with E-state index in [1.54, 1.807) is 6.20 Å². The first-order chi connectivity index (χ1) is 8.22. The van der Waals surface area contributed by atoms with Gasteiger partial charge >= 0.3 is 0 Å². The van der Waals surface area contributed by atoms with E-state index in [-0.39, 0.29) is 0 Å². The third-order valence-electron chi connectivity index (χ3n) is 2.46. The number of benzene rings is 1. The van der Waals surface area contributed by atoms with E-state index in [1.807, 2.05) is 37.3 Å². The zero-order chi connectivity index (χ0) is 11.8. The molecule has 0 aliphatic rings. The van der Waals surface area contributed by atoms with Gasteiger partial charge in [-0.3, -0.25) is 0 Å². The van der Waals surface area contributed by atoms with Gasteiger partial charge in [-0.25, -0.2) is 9.97 Å². The molecule has 0 bridgehead atoms. The first-order valence-corrected chi connectivity index (χ1v) is 6.01. The lowest BCUT2D eigenvalue weighted by atomic mass is 10.2. The fourth-order valence-corrected chi connectivity index (χ4v) is 2.07. The molecule has 3 rings (SSSR count). The molecule has 0 aliphatic carbocycles. The van der Waals surface area contributed by atoms with E-state index >= 15 is 0 Å². The van der Waals surface area contributed by atoms with E-state index in [2.05, 4.69) is 25.9 Å². The molecule has 0 spiro atoms. The number of oxazole rings is 1. The van der Waals surface area contributed by atoms with Crippen molar-refractivity contribution >= 4 is 27.2 Å². The summed E-state index contributed by atoms with van der Waals surface area (Å²) in [5.41, 5.74) is 3.38. The lowest BCUT2D eigenvalue weighted by Gasteiger charge is -1.94. The number of nitrogens with zero attached hydrogens (tertiary/aromatic N) is 2. The van der Waals surface area contributed by atoms with Crippen molar-refractivity contribution in [2.24, 2.45) is 0 Å². The quantitative estimate of drug-likeness (QED) is 0.680. The van der Waals surface area contributed by atoms with E-state index in [0.717, 1.165) is 21.1 Å². The van der Waals surface area contributed by atoms with Gasteiger partial charge in [0.1, 0.15) is 5.52 Å². The number of fused-ring (bicyclic) bond motifs is 1. The van der Waals surface area contributed by atoms with Crippen molar-refractivity contribution in [1.29, 1.82) is 0 Å². The van der Waals surface area contributed by atoms with Crippen molar-refractivity contribution in [2.45, 2.75) is 6.92 Å². The summed E-state index contributed by atoms with van der Waals surface area (Å²) in [4.78, 5) is 8.64. The van der Waals surface area contributed by atoms with Crippen LogP contribution in [0.5, 0.6) is 0 Å². The standard InChI is InChI=1S/C13H9BrN2O/c1-8-5-11-13(15-7-8)17-12(16-11)9-3-2-4-10(14)6-9/h2-7H,1H3. The van der Waals surface area contributed by atoms with Gasteiger partial charge in [0.15, 0.2) is 0 Å². The van der Waals surface area contributed by atoms with Crippen molar-refractivity contribution in [3.05, 3.63) is 46.6 Å². The Balaban J connectivity index is 2.18. The number of halogens is 1. The number of hydrogen-bond donors (Lipinski definition) is 0. The highest BCUT2D eigenvalue weighted by Gasteiger charge is 2.09. The summed E-state index contributed by atoms with van der Waals surface area (Å²) in [5, 5.41) is 0. The summed E-state index contributed by atoms with van der Waals surface area (Å²) in [6.07, 6.45) is 1.78. The maximum absolute atomic E-state index is 5.62. The van der Waals surface area contributed by atoms with Gasteiger partial charge in [0.2, 0.25) is 11.6 Å². The molecule has 0 unspecified atom stereocenters. The monoisotopic (exact) mass is 288 g/mol. The normalized spacial score (nSPS) is 10.9. The predicted molar refractivity (Wildman–Crippen MR) is 69.7 cm³/mol. The molecule has 1 aromatic carbocycles. The van der Waals surface area contributed by atoms with Crippen molar-refractivity contribution in [2.75, 3.05) is 0 Å². The first-order valence-electron chi connectivity index (χ1n) is 5.21. The summed E-state index contributed by atoms with van der Waals surface area (Å²) in [6, 6.07) is 9.81. The third kappa shape index (κ3) is 1.96. The highest BCUT2D eigenvalue weighted by atomic mass is 79.9. The molecule has 2 aromatic heterocycles. The zero-order valence-electron chi connectivity index (χ0n) is 9.14. The third-order valence-corrected chi connectivity index (χ3v) is 2.95. The van der Waals surface area contributed by atoms with Crippen molar-refractivity contribution in [3.63, 3.8) is 0 Å².